The summed E-state index contributed by atoms with van der Waals surface area (Å²) in [5.74, 6) is 2.84. The fraction of sp³-hybridized carbons (Fsp3) is 0.500. The normalized spacial score (nSPS) is 15.1. The molecule has 0 aliphatic carbocycles. The Bertz CT molecular complexity index is 488. The van der Waals surface area contributed by atoms with Gasteiger partial charge < -0.3 is 24.3 Å². The summed E-state index contributed by atoms with van der Waals surface area (Å²) in [5, 5.41) is 3.44. The Morgan fingerprint density at radius 3 is 2.24 bits per heavy atom. The van der Waals surface area contributed by atoms with Crippen LogP contribution in [-0.4, -0.2) is 34.5 Å². The van der Waals surface area contributed by atoms with Gasteiger partial charge in [0.05, 0.1) is 34.0 Å². The van der Waals surface area contributed by atoms with Crippen LogP contribution in [0.2, 0.25) is 0 Å². The van der Waals surface area contributed by atoms with Gasteiger partial charge in [-0.3, -0.25) is 0 Å². The first kappa shape index (κ1) is 15.5. The van der Waals surface area contributed by atoms with E-state index in [9.17, 15) is 0 Å². The first-order valence-electron chi connectivity index (χ1n) is 7.11. The van der Waals surface area contributed by atoms with Gasteiger partial charge in [-0.25, -0.2) is 0 Å². The number of likely N-dealkylation sites (N-methyl/N-ethyl adjacent to an activating group) is 1. The Morgan fingerprint density at radius 1 is 1.14 bits per heavy atom. The fourth-order valence-corrected chi connectivity index (χ4v) is 2.49. The molecule has 1 aromatic rings. The Morgan fingerprint density at radius 2 is 1.81 bits per heavy atom. The van der Waals surface area contributed by atoms with Crippen molar-refractivity contribution in [1.29, 1.82) is 0 Å². The second-order valence-electron chi connectivity index (χ2n) is 4.69. The molecule has 1 unspecified atom stereocenters. The highest BCUT2D eigenvalue weighted by molar-refractivity contribution is 5.55. The van der Waals surface area contributed by atoms with Crippen LogP contribution in [0, 0.1) is 0 Å². The molecule has 0 spiro atoms. The van der Waals surface area contributed by atoms with Gasteiger partial charge in [0.25, 0.3) is 0 Å². The number of nitrogens with one attached hydrogen (secondary N) is 1. The third kappa shape index (κ3) is 3.24. The monoisotopic (exact) mass is 293 g/mol. The third-order valence-corrected chi connectivity index (χ3v) is 3.45. The minimum Gasteiger partial charge on any atom is -0.496 e. The summed E-state index contributed by atoms with van der Waals surface area (Å²) in [6.07, 6.45) is 3.07. The van der Waals surface area contributed by atoms with Gasteiger partial charge in [-0.05, 0) is 30.3 Å². The largest absolute Gasteiger partial charge is 0.496 e. The Labute approximate surface area is 125 Å². The number of rotatable bonds is 7. The van der Waals surface area contributed by atoms with E-state index >= 15 is 0 Å². The van der Waals surface area contributed by atoms with Crippen LogP contribution in [-0.2, 0) is 4.74 Å². The van der Waals surface area contributed by atoms with Crippen molar-refractivity contribution >= 4 is 0 Å². The third-order valence-electron chi connectivity index (χ3n) is 3.45. The predicted octanol–water partition coefficient (Wildman–Crippen LogP) is 2.67. The van der Waals surface area contributed by atoms with Crippen LogP contribution in [0.15, 0.2) is 24.0 Å². The maximum absolute atomic E-state index is 5.71. The van der Waals surface area contributed by atoms with Crippen molar-refractivity contribution in [2.24, 2.45) is 0 Å². The molecule has 0 bridgehead atoms. The highest BCUT2D eigenvalue weighted by Crippen LogP contribution is 2.41. The van der Waals surface area contributed by atoms with Crippen LogP contribution in [0.25, 0.3) is 0 Å². The lowest BCUT2D eigenvalue weighted by atomic mass is 10.0. The van der Waals surface area contributed by atoms with E-state index in [1.54, 1.807) is 21.3 Å². The van der Waals surface area contributed by atoms with Crippen LogP contribution < -0.4 is 19.5 Å². The molecule has 0 saturated carbocycles. The van der Waals surface area contributed by atoms with Gasteiger partial charge in [-0.15, -0.1) is 0 Å². The summed E-state index contributed by atoms with van der Waals surface area (Å²) in [6.45, 7) is 3.64. The molecule has 21 heavy (non-hydrogen) atoms. The number of hydrogen-bond acceptors (Lipinski definition) is 5. The average Bonchev–Trinajstić information content (AvgIpc) is 3.05. The number of benzene rings is 1. The van der Waals surface area contributed by atoms with Crippen molar-refractivity contribution in [2.45, 2.75) is 19.4 Å². The van der Waals surface area contributed by atoms with E-state index in [1.165, 1.54) is 0 Å². The highest BCUT2D eigenvalue weighted by Gasteiger charge is 2.23. The van der Waals surface area contributed by atoms with E-state index in [2.05, 4.69) is 18.3 Å². The average molecular weight is 293 g/mol. The molecule has 0 fully saturated rings. The summed E-state index contributed by atoms with van der Waals surface area (Å²) in [5.41, 5.74) is 1.03. The summed E-state index contributed by atoms with van der Waals surface area (Å²) in [6, 6.07) is 3.90. The molecule has 2 rings (SSSR count). The van der Waals surface area contributed by atoms with E-state index in [0.717, 1.165) is 30.9 Å². The second kappa shape index (κ2) is 7.22. The van der Waals surface area contributed by atoms with Crippen molar-refractivity contribution in [1.82, 2.24) is 5.32 Å². The predicted molar refractivity (Wildman–Crippen MR) is 81.2 cm³/mol. The summed E-state index contributed by atoms with van der Waals surface area (Å²) in [4.78, 5) is 0. The first-order chi connectivity index (χ1) is 10.2. The van der Waals surface area contributed by atoms with E-state index in [1.807, 2.05) is 12.1 Å². The molecule has 0 amide bonds. The number of hydrogen-bond donors (Lipinski definition) is 1. The minimum atomic E-state index is -0.00814. The maximum Gasteiger partial charge on any atom is 0.203 e. The highest BCUT2D eigenvalue weighted by atomic mass is 16.5. The zero-order valence-electron chi connectivity index (χ0n) is 13.1. The van der Waals surface area contributed by atoms with Crippen LogP contribution in [0.5, 0.6) is 17.2 Å². The van der Waals surface area contributed by atoms with E-state index < -0.39 is 0 Å². The topological polar surface area (TPSA) is 49.0 Å². The smallest absolute Gasteiger partial charge is 0.203 e. The zero-order chi connectivity index (χ0) is 15.2. The van der Waals surface area contributed by atoms with Gasteiger partial charge in [0, 0.05) is 6.42 Å². The molecule has 0 radical (unpaired) electrons. The van der Waals surface area contributed by atoms with E-state index in [4.69, 9.17) is 18.9 Å². The van der Waals surface area contributed by atoms with Crippen molar-refractivity contribution in [3.8, 4) is 17.2 Å². The molecular formula is C16H23NO4. The SMILES string of the molecule is CCNC(C1=CCCO1)c1cc(OC)c(OC)c(OC)c1. The number of ether oxygens (including phenoxy) is 4. The molecule has 1 atom stereocenters. The van der Waals surface area contributed by atoms with Crippen molar-refractivity contribution < 1.29 is 18.9 Å². The molecule has 5 nitrogen and oxygen atoms in total. The van der Waals surface area contributed by atoms with Crippen LogP contribution in [0.1, 0.15) is 24.9 Å². The van der Waals surface area contributed by atoms with Gasteiger partial charge in [0.15, 0.2) is 11.5 Å². The molecule has 1 aliphatic rings. The summed E-state index contributed by atoms with van der Waals surface area (Å²) in [7, 11) is 4.84. The molecule has 1 N–H and O–H groups in total. The summed E-state index contributed by atoms with van der Waals surface area (Å²) < 4.78 is 21.9. The van der Waals surface area contributed by atoms with Crippen molar-refractivity contribution in [2.75, 3.05) is 34.5 Å². The molecule has 116 valence electrons. The number of methoxy groups -OCH3 is 3. The maximum atomic E-state index is 5.71. The quantitative estimate of drug-likeness (QED) is 0.837. The lowest BCUT2D eigenvalue weighted by Gasteiger charge is -2.22. The molecule has 1 aromatic carbocycles. The van der Waals surface area contributed by atoms with Crippen LogP contribution >= 0.6 is 0 Å². The van der Waals surface area contributed by atoms with Gasteiger partial charge in [0.1, 0.15) is 5.76 Å². The molecule has 0 aromatic heterocycles. The minimum absolute atomic E-state index is 0.00814. The van der Waals surface area contributed by atoms with E-state index in [-0.39, 0.29) is 6.04 Å². The van der Waals surface area contributed by atoms with Crippen LogP contribution in [0.3, 0.4) is 0 Å². The molecule has 5 heteroatoms. The van der Waals surface area contributed by atoms with Crippen molar-refractivity contribution in [3.63, 3.8) is 0 Å². The fourth-order valence-electron chi connectivity index (χ4n) is 2.49. The zero-order valence-corrected chi connectivity index (χ0v) is 13.1. The molecule has 0 saturated heterocycles. The second-order valence-corrected chi connectivity index (χ2v) is 4.69. The van der Waals surface area contributed by atoms with Gasteiger partial charge >= 0.3 is 0 Å². The summed E-state index contributed by atoms with van der Waals surface area (Å²) >= 11 is 0. The Hall–Kier alpha value is -1.88. The van der Waals surface area contributed by atoms with Gasteiger partial charge in [0.2, 0.25) is 5.75 Å². The standard InChI is InChI=1S/C16H23NO4/c1-5-17-15(12-7-6-8-21-12)11-9-13(18-2)16(20-4)14(10-11)19-3/h7,9-10,15,17H,5-6,8H2,1-4H3. The molecule has 1 aliphatic heterocycles. The molecular weight excluding hydrogens is 270 g/mol. The Balaban J connectivity index is 2.44. The Kier molecular flexibility index (Phi) is 5.33. The van der Waals surface area contributed by atoms with Gasteiger partial charge in [-0.2, -0.15) is 0 Å². The lowest BCUT2D eigenvalue weighted by Crippen LogP contribution is -2.23. The molecule has 1 heterocycles. The first-order valence-corrected chi connectivity index (χ1v) is 7.11. The van der Waals surface area contributed by atoms with Crippen LogP contribution in [0.4, 0.5) is 0 Å². The lowest BCUT2D eigenvalue weighted by molar-refractivity contribution is 0.215. The van der Waals surface area contributed by atoms with Gasteiger partial charge in [-0.1, -0.05) is 6.92 Å². The van der Waals surface area contributed by atoms with E-state index in [0.29, 0.717) is 17.2 Å². The van der Waals surface area contributed by atoms with Crippen molar-refractivity contribution in [3.05, 3.63) is 29.5 Å².